The summed E-state index contributed by atoms with van der Waals surface area (Å²) in [5, 5.41) is 15.6. The first kappa shape index (κ1) is 26.3. The minimum atomic E-state index is -1.26. The Morgan fingerprint density at radius 1 is 0.970 bits per heavy atom. The number of hydrogen-bond donors (Lipinski definition) is 2. The van der Waals surface area contributed by atoms with Crippen LogP contribution in [0.1, 0.15) is 43.5 Å². The number of rotatable bonds is 6. The molecule has 182 valence electrons. The molecule has 33 heavy (non-hydrogen) atoms. The molecule has 9 nitrogen and oxygen atoms in total. The number of amides is 1. The summed E-state index contributed by atoms with van der Waals surface area (Å²) in [5.41, 5.74) is 0.748. The minimum Gasteiger partial charge on any atom is -0.490 e. The average Bonchev–Trinajstić information content (AvgIpc) is 3.05. The van der Waals surface area contributed by atoms with Gasteiger partial charge in [0.05, 0.1) is 13.2 Å². The van der Waals surface area contributed by atoms with Crippen LogP contribution < -0.4 is 4.74 Å². The van der Waals surface area contributed by atoms with Crippen LogP contribution in [0.5, 0.6) is 5.75 Å². The molecule has 0 aliphatic carbocycles. The van der Waals surface area contributed by atoms with E-state index in [9.17, 15) is 14.4 Å². The molecule has 0 atom stereocenters. The molecule has 0 unspecified atom stereocenters. The van der Waals surface area contributed by atoms with Crippen molar-refractivity contribution in [3.8, 4) is 5.75 Å². The molecule has 1 aromatic rings. The number of benzene rings is 1. The highest BCUT2D eigenvalue weighted by Gasteiger charge is 2.21. The van der Waals surface area contributed by atoms with Crippen LogP contribution in [0.2, 0.25) is 0 Å². The molecule has 1 amide bonds. The number of carboxylic acid groups (broad SMARTS) is 2. The molecule has 0 radical (unpaired) electrons. The van der Waals surface area contributed by atoms with E-state index in [2.05, 4.69) is 18.7 Å². The molecule has 0 saturated carbocycles. The van der Waals surface area contributed by atoms with Gasteiger partial charge in [-0.3, -0.25) is 9.69 Å². The molecule has 2 fully saturated rings. The zero-order valence-corrected chi connectivity index (χ0v) is 19.3. The highest BCUT2D eigenvalue weighted by molar-refractivity contribution is 5.94. The van der Waals surface area contributed by atoms with Crippen LogP contribution in [-0.4, -0.2) is 89.4 Å². The molecule has 0 aromatic heterocycles. The van der Waals surface area contributed by atoms with Gasteiger partial charge in [-0.1, -0.05) is 0 Å². The van der Waals surface area contributed by atoms with E-state index < -0.39 is 11.9 Å². The monoisotopic (exact) mass is 462 g/mol. The molecule has 2 saturated heterocycles. The van der Waals surface area contributed by atoms with E-state index in [0.29, 0.717) is 18.2 Å². The minimum absolute atomic E-state index is 0.128. The van der Waals surface area contributed by atoms with E-state index in [4.69, 9.17) is 19.7 Å². The van der Waals surface area contributed by atoms with Crippen molar-refractivity contribution in [2.75, 3.05) is 39.4 Å². The number of aliphatic carboxylic acids is 2. The van der Waals surface area contributed by atoms with Gasteiger partial charge < -0.3 is 24.6 Å². The van der Waals surface area contributed by atoms with Crippen molar-refractivity contribution in [1.82, 2.24) is 9.80 Å². The largest absolute Gasteiger partial charge is 0.490 e. The SMILES string of the molecule is CC(C)N1CCCN(C(=O)c2ccc(OC3CCOCC3)cc2)CC1.O=C(O)/C=C\C(=O)O. The van der Waals surface area contributed by atoms with Gasteiger partial charge in [-0.2, -0.15) is 0 Å². The van der Waals surface area contributed by atoms with E-state index in [-0.39, 0.29) is 12.0 Å². The predicted octanol–water partition coefficient (Wildman–Crippen LogP) is 2.51. The first-order valence-corrected chi connectivity index (χ1v) is 11.3. The van der Waals surface area contributed by atoms with Crippen LogP contribution in [0.25, 0.3) is 0 Å². The fraction of sp³-hybridized carbons (Fsp3) is 0.542. The van der Waals surface area contributed by atoms with Gasteiger partial charge in [0.1, 0.15) is 11.9 Å². The molecule has 2 N–H and O–H groups in total. The smallest absolute Gasteiger partial charge is 0.328 e. The Kier molecular flexibility index (Phi) is 10.9. The van der Waals surface area contributed by atoms with Gasteiger partial charge in [-0.25, -0.2) is 9.59 Å². The molecule has 0 bridgehead atoms. The van der Waals surface area contributed by atoms with Crippen molar-refractivity contribution in [2.45, 2.75) is 45.3 Å². The zero-order chi connectivity index (χ0) is 24.2. The lowest BCUT2D eigenvalue weighted by Gasteiger charge is -2.25. The van der Waals surface area contributed by atoms with Crippen LogP contribution >= 0.6 is 0 Å². The fourth-order valence-corrected chi connectivity index (χ4v) is 3.64. The van der Waals surface area contributed by atoms with Crippen molar-refractivity contribution in [3.63, 3.8) is 0 Å². The summed E-state index contributed by atoms with van der Waals surface area (Å²) in [6.07, 6.45) is 4.24. The lowest BCUT2D eigenvalue weighted by Crippen LogP contribution is -2.37. The summed E-state index contributed by atoms with van der Waals surface area (Å²) in [6, 6.07) is 8.16. The van der Waals surface area contributed by atoms with E-state index in [1.54, 1.807) is 0 Å². The molecule has 9 heteroatoms. The van der Waals surface area contributed by atoms with Gasteiger partial charge in [-0.15, -0.1) is 0 Å². The average molecular weight is 463 g/mol. The molecular formula is C24H34N2O7. The zero-order valence-electron chi connectivity index (χ0n) is 19.3. The summed E-state index contributed by atoms with van der Waals surface area (Å²) in [4.78, 5) is 36.3. The molecule has 2 aliphatic rings. The number of carbonyl (C=O) groups is 3. The van der Waals surface area contributed by atoms with Crippen LogP contribution in [0.4, 0.5) is 0 Å². The van der Waals surface area contributed by atoms with E-state index in [0.717, 1.165) is 70.0 Å². The van der Waals surface area contributed by atoms with Crippen molar-refractivity contribution in [1.29, 1.82) is 0 Å². The van der Waals surface area contributed by atoms with Gasteiger partial charge in [0.2, 0.25) is 0 Å². The number of nitrogens with zero attached hydrogens (tertiary/aromatic N) is 2. The summed E-state index contributed by atoms with van der Waals surface area (Å²) >= 11 is 0. The number of ether oxygens (including phenoxy) is 2. The van der Waals surface area contributed by atoms with Crippen molar-refractivity contribution in [2.24, 2.45) is 0 Å². The maximum Gasteiger partial charge on any atom is 0.328 e. The van der Waals surface area contributed by atoms with Gasteiger partial charge in [0, 0.05) is 62.8 Å². The quantitative estimate of drug-likeness (QED) is 0.620. The molecule has 1 aromatic carbocycles. The second-order valence-corrected chi connectivity index (χ2v) is 8.24. The third-order valence-corrected chi connectivity index (χ3v) is 5.49. The molecule has 2 aliphatic heterocycles. The normalized spacial score (nSPS) is 17.8. The van der Waals surface area contributed by atoms with Gasteiger partial charge in [0.15, 0.2) is 0 Å². The maximum absolute atomic E-state index is 12.8. The van der Waals surface area contributed by atoms with Crippen LogP contribution in [0.3, 0.4) is 0 Å². The Morgan fingerprint density at radius 3 is 2.12 bits per heavy atom. The fourth-order valence-electron chi connectivity index (χ4n) is 3.64. The molecule has 3 rings (SSSR count). The lowest BCUT2D eigenvalue weighted by atomic mass is 10.1. The number of hydrogen-bond acceptors (Lipinski definition) is 6. The van der Waals surface area contributed by atoms with E-state index in [1.807, 2.05) is 29.2 Å². The Balaban J connectivity index is 0.000000414. The van der Waals surface area contributed by atoms with Crippen molar-refractivity contribution in [3.05, 3.63) is 42.0 Å². The second-order valence-electron chi connectivity index (χ2n) is 8.24. The van der Waals surface area contributed by atoms with Crippen LogP contribution in [-0.2, 0) is 14.3 Å². The van der Waals surface area contributed by atoms with Gasteiger partial charge in [-0.05, 0) is 44.5 Å². The highest BCUT2D eigenvalue weighted by Crippen LogP contribution is 2.20. The van der Waals surface area contributed by atoms with Crippen LogP contribution in [0, 0.1) is 0 Å². The summed E-state index contributed by atoms with van der Waals surface area (Å²) in [5.74, 6) is -1.55. The van der Waals surface area contributed by atoms with Gasteiger partial charge >= 0.3 is 11.9 Å². The third kappa shape index (κ3) is 9.63. The Bertz CT molecular complexity index is 786. The number of carboxylic acids is 2. The van der Waals surface area contributed by atoms with E-state index in [1.165, 1.54) is 0 Å². The predicted molar refractivity (Wildman–Crippen MR) is 123 cm³/mol. The van der Waals surface area contributed by atoms with Gasteiger partial charge in [0.25, 0.3) is 5.91 Å². The Hall–Kier alpha value is -2.91. The highest BCUT2D eigenvalue weighted by atomic mass is 16.5. The Labute approximate surface area is 194 Å². The topological polar surface area (TPSA) is 117 Å². The first-order valence-electron chi connectivity index (χ1n) is 11.3. The van der Waals surface area contributed by atoms with E-state index >= 15 is 0 Å². The summed E-state index contributed by atoms with van der Waals surface area (Å²) in [7, 11) is 0. The first-order chi connectivity index (χ1) is 15.8. The second kappa shape index (κ2) is 13.6. The standard InChI is InChI=1S/C20H30N2O3.C4H4O4/c1-16(2)21-10-3-11-22(13-12-21)20(23)17-4-6-18(7-5-17)25-19-8-14-24-15-9-19;5-3(6)1-2-4(7)8/h4-7,16,19H,3,8-15H2,1-2H3;1-2H,(H,5,6)(H,7,8)/b;2-1-. The molecule has 0 spiro atoms. The van der Waals surface area contributed by atoms with Crippen molar-refractivity contribution >= 4 is 17.8 Å². The Morgan fingerprint density at radius 2 is 1.58 bits per heavy atom. The third-order valence-electron chi connectivity index (χ3n) is 5.49. The van der Waals surface area contributed by atoms with Crippen molar-refractivity contribution < 1.29 is 34.1 Å². The molecule has 2 heterocycles. The maximum atomic E-state index is 12.8. The molecular weight excluding hydrogens is 428 g/mol. The number of carbonyl (C=O) groups excluding carboxylic acids is 1. The summed E-state index contributed by atoms with van der Waals surface area (Å²) < 4.78 is 11.3. The lowest BCUT2D eigenvalue weighted by molar-refractivity contribution is -0.134. The van der Waals surface area contributed by atoms with Crippen LogP contribution in [0.15, 0.2) is 36.4 Å². The summed E-state index contributed by atoms with van der Waals surface area (Å²) in [6.45, 7) is 9.63.